The van der Waals surface area contributed by atoms with Crippen molar-refractivity contribution in [2.45, 2.75) is 37.7 Å². The zero-order chi connectivity index (χ0) is 24.8. The highest BCUT2D eigenvalue weighted by Gasteiger charge is 2.34. The van der Waals surface area contributed by atoms with E-state index in [1.807, 2.05) is 24.3 Å². The van der Waals surface area contributed by atoms with Crippen LogP contribution in [0.2, 0.25) is 0 Å². The maximum Gasteiger partial charge on any atom is 0.407 e. The van der Waals surface area contributed by atoms with Crippen molar-refractivity contribution >= 4 is 18.0 Å². The van der Waals surface area contributed by atoms with Gasteiger partial charge in [0.05, 0.1) is 12.5 Å². The minimum Gasteiger partial charge on any atom is -0.481 e. The quantitative estimate of drug-likeness (QED) is 0.479. The van der Waals surface area contributed by atoms with Crippen molar-refractivity contribution in [2.75, 3.05) is 26.8 Å². The number of nitrogens with one attached hydrogen (secondary N) is 2. The van der Waals surface area contributed by atoms with E-state index in [1.54, 1.807) is 0 Å². The number of carboxylic acid groups (broad SMARTS) is 1. The summed E-state index contributed by atoms with van der Waals surface area (Å²) >= 11 is 0. The van der Waals surface area contributed by atoms with Crippen LogP contribution < -0.4 is 10.6 Å². The third kappa shape index (κ3) is 5.82. The minimum atomic E-state index is -0.975. The monoisotopic (exact) mass is 480 g/mol. The number of carbonyl (C=O) groups is 3. The highest BCUT2D eigenvalue weighted by Crippen LogP contribution is 2.44. The van der Waals surface area contributed by atoms with Gasteiger partial charge < -0.3 is 25.2 Å². The summed E-state index contributed by atoms with van der Waals surface area (Å²) in [6.07, 6.45) is 1.24. The number of ether oxygens (including phenoxy) is 2. The molecule has 0 aliphatic heterocycles. The van der Waals surface area contributed by atoms with Gasteiger partial charge in [0.15, 0.2) is 0 Å². The van der Waals surface area contributed by atoms with Crippen LogP contribution >= 0.6 is 0 Å². The molecule has 186 valence electrons. The summed E-state index contributed by atoms with van der Waals surface area (Å²) in [7, 11) is 1.43. The van der Waals surface area contributed by atoms with E-state index in [-0.39, 0.29) is 43.2 Å². The third-order valence-electron chi connectivity index (χ3n) is 7.09. The molecule has 0 radical (unpaired) electrons. The number of hydrogen-bond acceptors (Lipinski definition) is 5. The predicted molar refractivity (Wildman–Crippen MR) is 130 cm³/mol. The summed E-state index contributed by atoms with van der Waals surface area (Å²) in [4.78, 5) is 36.1. The second kappa shape index (κ2) is 11.4. The number of amides is 2. The van der Waals surface area contributed by atoms with Gasteiger partial charge in [-0.05, 0) is 41.0 Å². The van der Waals surface area contributed by atoms with Crippen molar-refractivity contribution in [3.63, 3.8) is 0 Å². The zero-order valence-electron chi connectivity index (χ0n) is 19.9. The molecule has 35 heavy (non-hydrogen) atoms. The number of hydrogen-bond donors (Lipinski definition) is 3. The number of fused-ring (bicyclic) bond motifs is 3. The highest BCUT2D eigenvalue weighted by molar-refractivity contribution is 5.80. The topological polar surface area (TPSA) is 114 Å². The zero-order valence-corrected chi connectivity index (χ0v) is 19.9. The first-order valence-corrected chi connectivity index (χ1v) is 12.1. The molecule has 2 aliphatic carbocycles. The molecule has 0 bridgehead atoms. The fraction of sp³-hybridized carbons (Fsp3) is 0.444. The van der Waals surface area contributed by atoms with Crippen LogP contribution in [-0.2, 0) is 19.1 Å². The number of benzene rings is 2. The molecule has 3 N–H and O–H groups in total. The molecule has 2 aliphatic rings. The average Bonchev–Trinajstić information content (AvgIpc) is 3.46. The molecule has 2 aromatic rings. The van der Waals surface area contributed by atoms with Gasteiger partial charge >= 0.3 is 12.1 Å². The molecule has 0 heterocycles. The van der Waals surface area contributed by atoms with Gasteiger partial charge in [-0.1, -0.05) is 55.0 Å². The Balaban J connectivity index is 1.26. The lowest BCUT2D eigenvalue weighted by Gasteiger charge is -2.21. The molecular weight excluding hydrogens is 448 g/mol. The Labute approximate surface area is 205 Å². The van der Waals surface area contributed by atoms with Gasteiger partial charge in [-0.15, -0.1) is 0 Å². The van der Waals surface area contributed by atoms with E-state index in [4.69, 9.17) is 14.6 Å². The number of carboxylic acids is 1. The van der Waals surface area contributed by atoms with Crippen LogP contribution in [0, 0.1) is 11.8 Å². The molecule has 2 amide bonds. The normalized spacial score (nSPS) is 19.5. The van der Waals surface area contributed by atoms with Crippen molar-refractivity contribution in [3.8, 4) is 11.1 Å². The standard InChI is InChI=1S/C27H32N2O6/c1-34-18(13-25(30)31)15-28-26(32)19-12-6-7-17(19)14-29-27(33)35-16-24-22-10-4-2-8-20(22)21-9-3-5-11-23(21)24/h2-5,8-11,17-19,24H,6-7,12-16H2,1H3,(H,28,32)(H,29,33)(H,30,31)/t17-,18?,19-/m0/s1. The number of aliphatic carboxylic acids is 1. The van der Waals surface area contributed by atoms with E-state index >= 15 is 0 Å². The van der Waals surface area contributed by atoms with E-state index in [2.05, 4.69) is 34.9 Å². The minimum absolute atomic E-state index is 0.00214. The lowest BCUT2D eigenvalue weighted by molar-refractivity contribution is -0.140. The van der Waals surface area contributed by atoms with Crippen molar-refractivity contribution in [2.24, 2.45) is 11.8 Å². The first-order valence-electron chi connectivity index (χ1n) is 12.1. The van der Waals surface area contributed by atoms with Gasteiger partial charge in [0, 0.05) is 32.0 Å². The Hall–Kier alpha value is -3.39. The molecule has 8 heteroatoms. The third-order valence-corrected chi connectivity index (χ3v) is 7.09. The molecule has 2 aromatic carbocycles. The average molecular weight is 481 g/mol. The molecule has 8 nitrogen and oxygen atoms in total. The predicted octanol–water partition coefficient (Wildman–Crippen LogP) is 3.55. The summed E-state index contributed by atoms with van der Waals surface area (Å²) in [5.74, 6) is -1.33. The summed E-state index contributed by atoms with van der Waals surface area (Å²) in [6.45, 7) is 0.749. The van der Waals surface area contributed by atoms with Crippen molar-refractivity contribution in [3.05, 3.63) is 59.7 Å². The van der Waals surface area contributed by atoms with Crippen LogP contribution in [0.5, 0.6) is 0 Å². The first-order chi connectivity index (χ1) is 17.0. The molecule has 1 fully saturated rings. The highest BCUT2D eigenvalue weighted by atomic mass is 16.5. The van der Waals surface area contributed by atoms with E-state index in [0.717, 1.165) is 30.4 Å². The molecule has 1 saturated carbocycles. The van der Waals surface area contributed by atoms with E-state index in [1.165, 1.54) is 18.2 Å². The van der Waals surface area contributed by atoms with Crippen molar-refractivity contribution in [1.82, 2.24) is 10.6 Å². The Bertz CT molecular complexity index is 1030. The molecule has 4 rings (SSSR count). The number of alkyl carbamates (subject to hydrolysis) is 1. The Kier molecular flexibility index (Phi) is 8.02. The van der Waals surface area contributed by atoms with Crippen LogP contribution in [-0.4, -0.2) is 56.0 Å². The summed E-state index contributed by atoms with van der Waals surface area (Å²) in [5.41, 5.74) is 4.67. The second-order valence-corrected chi connectivity index (χ2v) is 9.20. The van der Waals surface area contributed by atoms with Crippen molar-refractivity contribution in [1.29, 1.82) is 0 Å². The lowest BCUT2D eigenvalue weighted by Crippen LogP contribution is -2.41. The van der Waals surface area contributed by atoms with Gasteiger partial charge in [0.1, 0.15) is 6.61 Å². The lowest BCUT2D eigenvalue weighted by atomic mass is 9.95. The van der Waals surface area contributed by atoms with Crippen LogP contribution in [0.3, 0.4) is 0 Å². The number of methoxy groups -OCH3 is 1. The summed E-state index contributed by atoms with van der Waals surface area (Å²) in [6, 6.07) is 16.4. The molecule has 0 saturated heterocycles. The maximum absolute atomic E-state index is 12.7. The molecular formula is C27H32N2O6. The molecule has 1 unspecified atom stereocenters. The smallest absolute Gasteiger partial charge is 0.407 e. The molecule has 3 atom stereocenters. The van der Waals surface area contributed by atoms with Gasteiger partial charge in [-0.25, -0.2) is 4.79 Å². The maximum atomic E-state index is 12.7. The summed E-state index contributed by atoms with van der Waals surface area (Å²) < 4.78 is 10.7. The fourth-order valence-corrected chi connectivity index (χ4v) is 5.27. The Morgan fingerprint density at radius 1 is 1.00 bits per heavy atom. The molecule has 0 spiro atoms. The molecule has 0 aromatic heterocycles. The van der Waals surface area contributed by atoms with Crippen LogP contribution in [0.25, 0.3) is 11.1 Å². The fourth-order valence-electron chi connectivity index (χ4n) is 5.27. The number of rotatable bonds is 10. The Morgan fingerprint density at radius 3 is 2.29 bits per heavy atom. The SMILES string of the molecule is COC(CNC(=O)[C@H]1CCC[C@H]1CNC(=O)OCC1c2ccccc2-c2ccccc21)CC(=O)O. The van der Waals surface area contributed by atoms with Crippen molar-refractivity contribution < 1.29 is 29.0 Å². The number of carbonyl (C=O) groups excluding carboxylic acids is 2. The largest absolute Gasteiger partial charge is 0.481 e. The summed E-state index contributed by atoms with van der Waals surface area (Å²) in [5, 5.41) is 14.6. The van der Waals surface area contributed by atoms with E-state index < -0.39 is 18.2 Å². The van der Waals surface area contributed by atoms with Gasteiger partial charge in [0.25, 0.3) is 0 Å². The van der Waals surface area contributed by atoms with E-state index in [0.29, 0.717) is 6.54 Å². The first kappa shape index (κ1) is 24.7. The van der Waals surface area contributed by atoms with Crippen LogP contribution in [0.1, 0.15) is 42.7 Å². The van der Waals surface area contributed by atoms with Crippen LogP contribution in [0.4, 0.5) is 4.79 Å². The Morgan fingerprint density at radius 2 is 1.66 bits per heavy atom. The second-order valence-electron chi connectivity index (χ2n) is 9.20. The van der Waals surface area contributed by atoms with Gasteiger partial charge in [-0.2, -0.15) is 0 Å². The van der Waals surface area contributed by atoms with E-state index in [9.17, 15) is 14.4 Å². The van der Waals surface area contributed by atoms with Crippen LogP contribution in [0.15, 0.2) is 48.5 Å². The van der Waals surface area contributed by atoms with Gasteiger partial charge in [-0.3, -0.25) is 9.59 Å². The van der Waals surface area contributed by atoms with Gasteiger partial charge in [0.2, 0.25) is 5.91 Å².